The Kier molecular flexibility index (Phi) is 22.1. The third-order valence-corrected chi connectivity index (χ3v) is 17.4. The molecule has 0 aliphatic carbocycles. The third kappa shape index (κ3) is 16.6. The van der Waals surface area contributed by atoms with Gasteiger partial charge in [0.25, 0.3) is 0 Å². The number of aryl methyl sites for hydroxylation is 4. The summed E-state index contributed by atoms with van der Waals surface area (Å²) in [5, 5.41) is 16.5. The largest absolute Gasteiger partial charge is 0.497 e. The Morgan fingerprint density at radius 1 is 0.471 bits per heavy atom. The van der Waals surface area contributed by atoms with Gasteiger partial charge in [-0.05, 0) is 81.8 Å². The van der Waals surface area contributed by atoms with Gasteiger partial charge >= 0.3 is 0 Å². The van der Waals surface area contributed by atoms with Crippen LogP contribution in [0.4, 0.5) is 34.1 Å². The number of imidazole rings is 1. The molecular weight excluding hydrogens is 1290 g/mol. The van der Waals surface area contributed by atoms with Crippen molar-refractivity contribution in [1.29, 1.82) is 0 Å². The number of rotatable bonds is 25. The van der Waals surface area contributed by atoms with Crippen molar-refractivity contribution in [3.63, 3.8) is 0 Å². The molecule has 0 amide bonds. The summed E-state index contributed by atoms with van der Waals surface area (Å²) >= 11 is 0. The van der Waals surface area contributed by atoms with Crippen LogP contribution in [0.5, 0.6) is 34.5 Å². The number of hydrogen-bond donors (Lipinski definition) is 1. The fourth-order valence-electron chi connectivity index (χ4n) is 11.9. The molecular formula is C77H86N18O7. The average molecular weight is 1380 g/mol. The Labute approximate surface area is 593 Å². The van der Waals surface area contributed by atoms with Gasteiger partial charge in [-0.1, -0.05) is 13.8 Å². The molecule has 6 aromatic carbocycles. The number of methoxy groups -OCH3 is 6. The minimum Gasteiger partial charge on any atom is -0.497 e. The van der Waals surface area contributed by atoms with E-state index in [0.717, 1.165) is 174 Å². The van der Waals surface area contributed by atoms with Gasteiger partial charge < -0.3 is 57.7 Å². The average Bonchev–Trinajstić information content (AvgIpc) is 1.04. The molecule has 8 heterocycles. The number of benzene rings is 6. The number of aromatic nitrogens is 14. The summed E-state index contributed by atoms with van der Waals surface area (Å²) in [4.78, 5) is 39.6. The first-order chi connectivity index (χ1) is 49.5. The van der Waals surface area contributed by atoms with Gasteiger partial charge in [-0.15, -0.1) is 0 Å². The molecule has 14 rings (SSSR count). The van der Waals surface area contributed by atoms with Crippen LogP contribution in [0.25, 0.3) is 66.9 Å². The zero-order valence-electron chi connectivity index (χ0n) is 59.9. The van der Waals surface area contributed by atoms with Gasteiger partial charge in [-0.3, -0.25) is 29.0 Å². The van der Waals surface area contributed by atoms with Gasteiger partial charge in [0.15, 0.2) is 0 Å². The Balaban J connectivity index is 0.000000145. The normalized spacial score (nSPS) is 12.0. The van der Waals surface area contributed by atoms with Crippen molar-refractivity contribution in [2.45, 2.75) is 65.7 Å². The lowest BCUT2D eigenvalue weighted by molar-refractivity contribution is 0.0123. The zero-order chi connectivity index (χ0) is 71.4. The number of hydrogen-bond acceptors (Lipinski definition) is 21. The van der Waals surface area contributed by atoms with E-state index < -0.39 is 0 Å². The highest BCUT2D eigenvalue weighted by Crippen LogP contribution is 2.40. The van der Waals surface area contributed by atoms with Crippen molar-refractivity contribution in [2.24, 2.45) is 14.1 Å². The van der Waals surface area contributed by atoms with Crippen LogP contribution in [0.3, 0.4) is 0 Å². The zero-order valence-corrected chi connectivity index (χ0v) is 59.9. The minimum absolute atomic E-state index is 0.212. The monoisotopic (exact) mass is 1370 g/mol. The smallest absolute Gasteiger partial charge is 0.124 e. The summed E-state index contributed by atoms with van der Waals surface area (Å²) in [5.74, 6) is 5.43. The molecule has 1 fully saturated rings. The van der Waals surface area contributed by atoms with Crippen molar-refractivity contribution in [3.8, 4) is 68.3 Å². The van der Waals surface area contributed by atoms with Crippen LogP contribution in [0.1, 0.15) is 46.0 Å². The molecule has 25 nitrogen and oxygen atoms in total. The van der Waals surface area contributed by atoms with E-state index in [9.17, 15) is 0 Å². The lowest BCUT2D eigenvalue weighted by atomic mass is 10.1. The molecule has 1 aliphatic heterocycles. The summed E-state index contributed by atoms with van der Waals surface area (Å²) in [6.45, 7) is 15.0. The molecule has 25 heteroatoms. The molecule has 0 unspecified atom stereocenters. The molecule has 0 saturated carbocycles. The van der Waals surface area contributed by atoms with E-state index >= 15 is 0 Å². The fourth-order valence-corrected chi connectivity index (χ4v) is 11.9. The maximum Gasteiger partial charge on any atom is 0.124 e. The van der Waals surface area contributed by atoms with E-state index in [1.165, 1.54) is 0 Å². The highest BCUT2D eigenvalue weighted by molar-refractivity contribution is 5.86. The van der Waals surface area contributed by atoms with Crippen LogP contribution in [-0.4, -0.2) is 156 Å². The van der Waals surface area contributed by atoms with Crippen LogP contribution in [0.15, 0.2) is 177 Å². The van der Waals surface area contributed by atoms with Gasteiger partial charge in [0, 0.05) is 189 Å². The van der Waals surface area contributed by atoms with E-state index in [-0.39, 0.29) is 12.1 Å². The topological polar surface area (TPSA) is 235 Å². The third-order valence-electron chi connectivity index (χ3n) is 17.4. The molecule has 0 spiro atoms. The van der Waals surface area contributed by atoms with Crippen LogP contribution in [0, 0.1) is 6.92 Å². The highest BCUT2D eigenvalue weighted by atomic mass is 16.5. The minimum atomic E-state index is 0.212. The number of nitrogens with zero attached hydrogens (tertiary/aromatic N) is 17. The summed E-state index contributed by atoms with van der Waals surface area (Å²) in [5.41, 5.74) is 16.2. The van der Waals surface area contributed by atoms with E-state index in [1.54, 1.807) is 83.0 Å². The predicted octanol–water partition coefficient (Wildman–Crippen LogP) is 13.6. The van der Waals surface area contributed by atoms with E-state index in [0.29, 0.717) is 19.3 Å². The summed E-state index contributed by atoms with van der Waals surface area (Å²) in [6, 6.07) is 37.1. The van der Waals surface area contributed by atoms with Crippen molar-refractivity contribution in [1.82, 2.24) is 74.1 Å². The van der Waals surface area contributed by atoms with Crippen molar-refractivity contribution >= 4 is 67.2 Å². The summed E-state index contributed by atoms with van der Waals surface area (Å²) in [6.07, 6.45) is 21.4. The van der Waals surface area contributed by atoms with E-state index in [4.69, 9.17) is 48.1 Å². The molecule has 0 radical (unpaired) electrons. The second-order valence-corrected chi connectivity index (χ2v) is 25.1. The predicted molar refractivity (Wildman–Crippen MR) is 399 cm³/mol. The van der Waals surface area contributed by atoms with Crippen molar-refractivity contribution in [3.05, 3.63) is 183 Å². The summed E-state index contributed by atoms with van der Waals surface area (Å²) in [7, 11) is 13.7. The molecule has 0 bridgehead atoms. The molecule has 1 aliphatic rings. The molecule has 1 saturated heterocycles. The first-order valence-electron chi connectivity index (χ1n) is 33.7. The lowest BCUT2D eigenvalue weighted by Crippen LogP contribution is -2.46. The number of anilines is 6. The van der Waals surface area contributed by atoms with Crippen LogP contribution in [0.2, 0.25) is 0 Å². The lowest BCUT2D eigenvalue weighted by Gasteiger charge is -2.39. The van der Waals surface area contributed by atoms with E-state index in [2.05, 4.69) is 124 Å². The molecule has 102 heavy (non-hydrogen) atoms. The second-order valence-electron chi connectivity index (χ2n) is 25.1. The first-order valence-corrected chi connectivity index (χ1v) is 33.7. The maximum atomic E-state index is 5.55. The van der Waals surface area contributed by atoms with Gasteiger partial charge in [-0.2, -0.15) is 15.3 Å². The highest BCUT2D eigenvalue weighted by Gasteiger charge is 2.29. The Hall–Kier alpha value is -11.7. The Morgan fingerprint density at radius 2 is 0.892 bits per heavy atom. The Bertz CT molecular complexity index is 4920. The molecule has 7 aromatic heterocycles. The van der Waals surface area contributed by atoms with Crippen molar-refractivity contribution in [2.75, 3.05) is 90.2 Å². The van der Waals surface area contributed by atoms with Crippen LogP contribution in [-0.2, 0) is 25.4 Å². The molecule has 526 valence electrons. The SMILES string of the molecule is COc1cc(OC)cc(N(CCCn2ccnc2C)c2ccc3ncc(-c4cnn(C)c4)nc3c2)c1.COc1cc(OC)cc(N(CCNC(C)C)c2ccc3ncc(-c4cnn(C(C)C)c4)nc3c2)c1.COc1cc(OC)cc(N(c2ccc3ncc(-c4cnn(C)c4)nc3c2)C2COC2)c1. The second kappa shape index (κ2) is 32.1. The van der Waals surface area contributed by atoms with Crippen LogP contribution < -0.4 is 48.4 Å². The van der Waals surface area contributed by atoms with Gasteiger partial charge in [0.2, 0.25) is 0 Å². The molecule has 13 aromatic rings. The Morgan fingerprint density at radius 3 is 1.27 bits per heavy atom. The summed E-state index contributed by atoms with van der Waals surface area (Å²) < 4.78 is 46.2. The van der Waals surface area contributed by atoms with Gasteiger partial charge in [0.1, 0.15) is 40.3 Å². The number of nitrogens with one attached hydrogen (secondary N) is 1. The quantitative estimate of drug-likeness (QED) is 0.0560. The fraction of sp³-hybridized carbons (Fsp3) is 0.299. The van der Waals surface area contributed by atoms with Gasteiger partial charge in [0.05, 0.1) is 149 Å². The number of ether oxygens (including phenoxy) is 7. The molecule has 1 N–H and O–H groups in total. The standard InChI is InChI=1S/C27H29N7O2.C27H34N6O2.C23H23N5O3/c1-19-28-8-11-33(19)9-5-10-34(22-12-23(35-3)15-24(13-22)36-4)21-6-7-25-26(14-21)31-27(17-29-25)20-16-30-32(2)18-20;1-18(2)28-9-10-32(22-11-23(34-5)14-24(12-22)35-6)21-7-8-25-26(13-21)31-27(16-29-25)20-15-30-33(17-20)19(3)4;1-27-12-15(10-25-27)23-11-24-21-5-4-16(8-22(21)26-23)28(18-13-31-14-18)17-6-19(29-2)9-20(7-17)30-3/h6-8,11-18H,5,9-10H2,1-4H3;7-8,11-19,28H,9-10H2,1-6H3;4-12,18H,13-14H2,1-3H3. The molecule has 0 atom stereocenters. The van der Waals surface area contributed by atoms with Crippen LogP contribution >= 0.6 is 0 Å². The van der Waals surface area contributed by atoms with Gasteiger partial charge in [-0.25, -0.2) is 19.9 Å². The first kappa shape index (κ1) is 70.2. The maximum absolute atomic E-state index is 5.55. The van der Waals surface area contributed by atoms with E-state index in [1.807, 2.05) is 136 Å². The van der Waals surface area contributed by atoms with Crippen molar-refractivity contribution < 1.29 is 33.2 Å². The number of fused-ring (bicyclic) bond motifs is 3.